The van der Waals surface area contributed by atoms with Crippen molar-refractivity contribution < 1.29 is 14.0 Å². The molecule has 5 nitrogen and oxygen atoms in total. The lowest BCUT2D eigenvalue weighted by Gasteiger charge is -2.27. The van der Waals surface area contributed by atoms with Crippen molar-refractivity contribution in [3.05, 3.63) is 94.8 Å². The summed E-state index contributed by atoms with van der Waals surface area (Å²) in [5.74, 6) is -0.273. The van der Waals surface area contributed by atoms with Crippen molar-refractivity contribution in [2.24, 2.45) is 5.92 Å². The van der Waals surface area contributed by atoms with Crippen LogP contribution in [0, 0.1) is 18.7 Å². The molecule has 6 heteroatoms. The highest BCUT2D eigenvalue weighted by Crippen LogP contribution is 2.30. The van der Waals surface area contributed by atoms with E-state index >= 15 is 0 Å². The largest absolute Gasteiger partial charge is 0.377 e. The molecular formula is C29H32FN3O2. The van der Waals surface area contributed by atoms with Gasteiger partial charge in [-0.2, -0.15) is 0 Å². The van der Waals surface area contributed by atoms with Gasteiger partial charge in [0.25, 0.3) is 5.91 Å². The third-order valence-electron chi connectivity index (χ3n) is 6.50. The summed E-state index contributed by atoms with van der Waals surface area (Å²) in [5, 5.41) is 3.05. The minimum Gasteiger partial charge on any atom is -0.377 e. The normalized spacial score (nSPS) is 13.1. The number of hydrogen-bond donors (Lipinski definition) is 1. The first-order valence-electron chi connectivity index (χ1n) is 12.0. The number of nitrogens with one attached hydrogen (secondary N) is 1. The summed E-state index contributed by atoms with van der Waals surface area (Å²) in [6.07, 6.45) is 2.97. The zero-order valence-corrected chi connectivity index (χ0v) is 20.6. The first-order chi connectivity index (χ1) is 16.8. The molecule has 0 aromatic heterocycles. The van der Waals surface area contributed by atoms with E-state index in [2.05, 4.69) is 5.32 Å². The quantitative estimate of drug-likeness (QED) is 0.451. The molecule has 0 radical (unpaired) electrons. The zero-order chi connectivity index (χ0) is 24.9. The highest BCUT2D eigenvalue weighted by Gasteiger charge is 2.25. The molecule has 1 aliphatic rings. The number of rotatable bonds is 8. The molecule has 1 N–H and O–H groups in total. The van der Waals surface area contributed by atoms with Gasteiger partial charge in [-0.25, -0.2) is 4.39 Å². The van der Waals surface area contributed by atoms with Gasteiger partial charge in [0.2, 0.25) is 5.91 Å². The minimum atomic E-state index is -0.310. The van der Waals surface area contributed by atoms with Crippen molar-refractivity contribution in [3.8, 4) is 0 Å². The number of anilines is 2. The van der Waals surface area contributed by atoms with Crippen LogP contribution >= 0.6 is 0 Å². The van der Waals surface area contributed by atoms with E-state index in [-0.39, 0.29) is 23.5 Å². The summed E-state index contributed by atoms with van der Waals surface area (Å²) in [7, 11) is 3.91. The van der Waals surface area contributed by atoms with Gasteiger partial charge < -0.3 is 15.1 Å². The Labute approximate surface area is 206 Å². The van der Waals surface area contributed by atoms with Gasteiger partial charge in [-0.3, -0.25) is 9.59 Å². The van der Waals surface area contributed by atoms with Gasteiger partial charge in [-0.05, 0) is 73.4 Å². The second kappa shape index (κ2) is 10.7. The SMILES string of the molecule is Cc1cccc(C(=O)N(Cc2ccc(F)cc2)Cc2cc(NC(=O)C3CCC3)ccc2N(C)C)c1. The van der Waals surface area contributed by atoms with E-state index in [1.165, 1.54) is 12.1 Å². The monoisotopic (exact) mass is 473 g/mol. The predicted molar refractivity (Wildman–Crippen MR) is 138 cm³/mol. The first kappa shape index (κ1) is 24.5. The van der Waals surface area contributed by atoms with Crippen LogP contribution in [0.2, 0.25) is 0 Å². The Balaban J connectivity index is 1.65. The van der Waals surface area contributed by atoms with Crippen LogP contribution in [0.25, 0.3) is 0 Å². The average molecular weight is 474 g/mol. The molecule has 1 saturated carbocycles. The molecule has 0 aliphatic heterocycles. The number of benzene rings is 3. The maximum atomic E-state index is 13.6. The van der Waals surface area contributed by atoms with Crippen molar-refractivity contribution in [1.29, 1.82) is 0 Å². The second-order valence-corrected chi connectivity index (χ2v) is 9.51. The molecule has 0 atom stereocenters. The highest BCUT2D eigenvalue weighted by molar-refractivity contribution is 5.95. The van der Waals surface area contributed by atoms with Crippen LogP contribution in [-0.4, -0.2) is 30.8 Å². The maximum Gasteiger partial charge on any atom is 0.254 e. The lowest BCUT2D eigenvalue weighted by atomic mass is 9.85. The summed E-state index contributed by atoms with van der Waals surface area (Å²) >= 11 is 0. The Morgan fingerprint density at radius 3 is 2.34 bits per heavy atom. The number of carbonyl (C=O) groups is 2. The van der Waals surface area contributed by atoms with Crippen LogP contribution in [-0.2, 0) is 17.9 Å². The molecule has 0 bridgehead atoms. The highest BCUT2D eigenvalue weighted by atomic mass is 19.1. The number of halogens is 1. The molecule has 182 valence electrons. The molecule has 0 saturated heterocycles. The molecule has 0 heterocycles. The third-order valence-corrected chi connectivity index (χ3v) is 6.50. The summed E-state index contributed by atoms with van der Waals surface area (Å²) in [6.45, 7) is 2.63. The zero-order valence-electron chi connectivity index (χ0n) is 20.6. The van der Waals surface area contributed by atoms with E-state index in [4.69, 9.17) is 0 Å². The van der Waals surface area contributed by atoms with Crippen molar-refractivity contribution in [2.75, 3.05) is 24.3 Å². The Kier molecular flexibility index (Phi) is 7.49. The number of carbonyl (C=O) groups excluding carboxylic acids is 2. The molecule has 1 aliphatic carbocycles. The predicted octanol–water partition coefficient (Wildman–Crippen LogP) is 5.78. The van der Waals surface area contributed by atoms with E-state index in [0.717, 1.165) is 47.3 Å². The Bertz CT molecular complexity index is 1200. The van der Waals surface area contributed by atoms with Crippen molar-refractivity contribution >= 4 is 23.2 Å². The minimum absolute atomic E-state index is 0.0545. The van der Waals surface area contributed by atoms with Gasteiger partial charge in [-0.1, -0.05) is 36.2 Å². The molecular weight excluding hydrogens is 441 g/mol. The molecule has 0 unspecified atom stereocenters. The van der Waals surface area contributed by atoms with Crippen molar-refractivity contribution in [2.45, 2.75) is 39.3 Å². The van der Waals surface area contributed by atoms with Crippen LogP contribution in [0.1, 0.15) is 46.3 Å². The fraction of sp³-hybridized carbons (Fsp3) is 0.310. The van der Waals surface area contributed by atoms with Crippen LogP contribution in [0.5, 0.6) is 0 Å². The molecule has 2 amide bonds. The van der Waals surface area contributed by atoms with Crippen LogP contribution < -0.4 is 10.2 Å². The second-order valence-electron chi connectivity index (χ2n) is 9.51. The Morgan fingerprint density at radius 1 is 0.971 bits per heavy atom. The molecule has 4 rings (SSSR count). The van der Waals surface area contributed by atoms with E-state index in [1.54, 1.807) is 17.0 Å². The number of nitrogens with zero attached hydrogens (tertiary/aromatic N) is 2. The molecule has 35 heavy (non-hydrogen) atoms. The van der Waals surface area contributed by atoms with E-state index < -0.39 is 0 Å². The number of hydrogen-bond acceptors (Lipinski definition) is 3. The maximum absolute atomic E-state index is 13.6. The topological polar surface area (TPSA) is 52.7 Å². The molecule has 3 aromatic rings. The van der Waals surface area contributed by atoms with Gasteiger partial charge in [0, 0.05) is 50.0 Å². The Hall–Kier alpha value is -3.67. The molecule has 3 aromatic carbocycles. The summed E-state index contributed by atoms with van der Waals surface area (Å²) in [4.78, 5) is 29.9. The third kappa shape index (κ3) is 6.07. The van der Waals surface area contributed by atoms with Crippen LogP contribution in [0.3, 0.4) is 0 Å². The fourth-order valence-electron chi connectivity index (χ4n) is 4.32. The lowest BCUT2D eigenvalue weighted by molar-refractivity contribution is -0.122. The van der Waals surface area contributed by atoms with E-state index in [0.29, 0.717) is 18.7 Å². The molecule has 0 spiro atoms. The van der Waals surface area contributed by atoms with Gasteiger partial charge in [-0.15, -0.1) is 0 Å². The van der Waals surface area contributed by atoms with Crippen LogP contribution in [0.15, 0.2) is 66.7 Å². The molecule has 1 fully saturated rings. The average Bonchev–Trinajstić information content (AvgIpc) is 2.78. The van der Waals surface area contributed by atoms with Gasteiger partial charge in [0.15, 0.2) is 0 Å². The summed E-state index contributed by atoms with van der Waals surface area (Å²) < 4.78 is 13.5. The number of aryl methyl sites for hydroxylation is 1. The van der Waals surface area contributed by atoms with Gasteiger partial charge in [0.1, 0.15) is 5.82 Å². The fourth-order valence-corrected chi connectivity index (χ4v) is 4.32. The first-order valence-corrected chi connectivity index (χ1v) is 12.0. The van der Waals surface area contributed by atoms with Crippen molar-refractivity contribution in [1.82, 2.24) is 4.90 Å². The lowest BCUT2D eigenvalue weighted by Crippen LogP contribution is -2.31. The van der Waals surface area contributed by atoms with Gasteiger partial charge >= 0.3 is 0 Å². The number of amides is 2. The van der Waals surface area contributed by atoms with E-state index in [1.807, 2.05) is 68.4 Å². The van der Waals surface area contributed by atoms with Crippen molar-refractivity contribution in [3.63, 3.8) is 0 Å². The standard InChI is InChI=1S/C29H32FN3O2/c1-20-6-4-9-23(16-20)29(35)33(18-21-10-12-25(30)13-11-21)19-24-17-26(14-15-27(24)32(2)3)31-28(34)22-7-5-8-22/h4,6,9-17,22H,5,7-8,18-19H2,1-3H3,(H,31,34). The van der Waals surface area contributed by atoms with Gasteiger partial charge in [0.05, 0.1) is 0 Å². The van der Waals surface area contributed by atoms with E-state index in [9.17, 15) is 14.0 Å². The summed E-state index contributed by atoms with van der Waals surface area (Å²) in [6, 6.07) is 19.6. The van der Waals surface area contributed by atoms with Crippen LogP contribution in [0.4, 0.5) is 15.8 Å². The Morgan fingerprint density at radius 2 is 1.71 bits per heavy atom. The smallest absolute Gasteiger partial charge is 0.254 e. The summed E-state index contributed by atoms with van der Waals surface area (Å²) in [5.41, 5.74) is 5.07.